The molecule has 1 aromatic carbocycles. The van der Waals surface area contributed by atoms with Gasteiger partial charge in [-0.2, -0.15) is 0 Å². The topological polar surface area (TPSA) is 80.0 Å². The van der Waals surface area contributed by atoms with E-state index < -0.39 is 17.7 Å². The minimum atomic E-state index is -0.757. The highest BCUT2D eigenvalue weighted by atomic mass is 16.5. The van der Waals surface area contributed by atoms with E-state index in [1.807, 2.05) is 26.0 Å². The second-order valence-corrected chi connectivity index (χ2v) is 7.09. The monoisotopic (exact) mass is 383 g/mol. The predicted octanol–water partition coefficient (Wildman–Crippen LogP) is 3.66. The molecule has 1 saturated heterocycles. The van der Waals surface area contributed by atoms with Gasteiger partial charge in [0.1, 0.15) is 23.3 Å². The van der Waals surface area contributed by atoms with Gasteiger partial charge in [-0.3, -0.25) is 9.59 Å². The Bertz CT molecular complexity index is 940. The first-order chi connectivity index (χ1) is 13.3. The van der Waals surface area contributed by atoms with Crippen molar-refractivity contribution >= 4 is 17.4 Å². The van der Waals surface area contributed by atoms with Crippen LogP contribution < -0.4 is 0 Å². The SMILES string of the molecule is COCCCN1C(=O)C(=O)/C(=C(\O)c2ccc(C)c(C)c2)C1c1ccc(C)o1. The molecular weight excluding hydrogens is 358 g/mol. The van der Waals surface area contributed by atoms with Gasteiger partial charge >= 0.3 is 0 Å². The van der Waals surface area contributed by atoms with Crippen LogP contribution >= 0.6 is 0 Å². The van der Waals surface area contributed by atoms with Gasteiger partial charge in [0.25, 0.3) is 11.7 Å². The minimum Gasteiger partial charge on any atom is -0.507 e. The number of aliphatic hydroxyl groups excluding tert-OH is 1. The molecule has 28 heavy (non-hydrogen) atoms. The molecule has 0 radical (unpaired) electrons. The molecule has 6 nitrogen and oxygen atoms in total. The molecule has 0 saturated carbocycles. The van der Waals surface area contributed by atoms with Crippen LogP contribution in [0.2, 0.25) is 0 Å². The van der Waals surface area contributed by atoms with E-state index in [9.17, 15) is 14.7 Å². The fraction of sp³-hybridized carbons (Fsp3) is 0.364. The summed E-state index contributed by atoms with van der Waals surface area (Å²) in [5.41, 5.74) is 2.63. The van der Waals surface area contributed by atoms with Crippen molar-refractivity contribution in [3.8, 4) is 0 Å². The molecule has 0 spiro atoms. The van der Waals surface area contributed by atoms with Gasteiger partial charge in [-0.05, 0) is 56.5 Å². The fourth-order valence-corrected chi connectivity index (χ4v) is 3.43. The summed E-state index contributed by atoms with van der Waals surface area (Å²) in [6, 6.07) is 8.20. The van der Waals surface area contributed by atoms with Crippen molar-refractivity contribution in [2.75, 3.05) is 20.3 Å². The molecule has 0 aliphatic carbocycles. The third-order valence-electron chi connectivity index (χ3n) is 5.10. The number of benzene rings is 1. The Kier molecular flexibility index (Phi) is 5.70. The molecule has 2 heterocycles. The molecule has 0 bridgehead atoms. The van der Waals surface area contributed by atoms with Gasteiger partial charge in [0, 0.05) is 25.8 Å². The Labute approximate surface area is 164 Å². The first kappa shape index (κ1) is 19.9. The molecule has 1 fully saturated rings. The van der Waals surface area contributed by atoms with Gasteiger partial charge in [-0.1, -0.05) is 12.1 Å². The van der Waals surface area contributed by atoms with Gasteiger partial charge in [0.2, 0.25) is 0 Å². The van der Waals surface area contributed by atoms with E-state index in [0.29, 0.717) is 36.7 Å². The number of carbonyl (C=O) groups excluding carboxylic acids is 2. The maximum atomic E-state index is 12.8. The van der Waals surface area contributed by atoms with Crippen LogP contribution in [0, 0.1) is 20.8 Å². The fourth-order valence-electron chi connectivity index (χ4n) is 3.43. The van der Waals surface area contributed by atoms with Crippen LogP contribution in [0.15, 0.2) is 40.3 Å². The molecule has 1 amide bonds. The maximum absolute atomic E-state index is 12.8. The van der Waals surface area contributed by atoms with Gasteiger partial charge in [-0.15, -0.1) is 0 Å². The molecule has 1 aromatic heterocycles. The zero-order chi connectivity index (χ0) is 20.4. The standard InChI is InChI=1S/C22H25NO5/c1-13-6-8-16(12-14(13)2)20(24)18-19(17-9-7-15(3)28-17)23(10-5-11-27-4)22(26)21(18)25/h6-9,12,19,24H,5,10-11H2,1-4H3/b20-18-. The van der Waals surface area contributed by atoms with Crippen molar-refractivity contribution < 1.29 is 23.8 Å². The second kappa shape index (κ2) is 8.02. The molecule has 1 aliphatic rings. The lowest BCUT2D eigenvalue weighted by molar-refractivity contribution is -0.140. The number of ketones is 1. The first-order valence-electron chi connectivity index (χ1n) is 9.26. The molecule has 1 N–H and O–H groups in total. The van der Waals surface area contributed by atoms with Crippen LogP contribution in [0.1, 0.15) is 40.7 Å². The summed E-state index contributed by atoms with van der Waals surface area (Å²) in [5.74, 6) is -0.398. The summed E-state index contributed by atoms with van der Waals surface area (Å²) in [5, 5.41) is 11.0. The lowest BCUT2D eigenvalue weighted by Crippen LogP contribution is -2.31. The lowest BCUT2D eigenvalue weighted by Gasteiger charge is -2.23. The Hall–Kier alpha value is -2.86. The molecular formula is C22H25NO5. The predicted molar refractivity (Wildman–Crippen MR) is 105 cm³/mol. The molecule has 1 unspecified atom stereocenters. The van der Waals surface area contributed by atoms with Crippen LogP contribution in [0.25, 0.3) is 5.76 Å². The van der Waals surface area contributed by atoms with Crippen LogP contribution in [0.4, 0.5) is 0 Å². The van der Waals surface area contributed by atoms with Crippen LogP contribution in [-0.2, 0) is 14.3 Å². The molecule has 3 rings (SSSR count). The average Bonchev–Trinajstić information content (AvgIpc) is 3.19. The third-order valence-corrected chi connectivity index (χ3v) is 5.10. The van der Waals surface area contributed by atoms with Crippen LogP contribution in [-0.4, -0.2) is 42.0 Å². The number of aryl methyl sites for hydroxylation is 3. The maximum Gasteiger partial charge on any atom is 0.295 e. The van der Waals surface area contributed by atoms with Crippen molar-refractivity contribution in [1.29, 1.82) is 0 Å². The van der Waals surface area contributed by atoms with Crippen LogP contribution in [0.3, 0.4) is 0 Å². The molecule has 148 valence electrons. The second-order valence-electron chi connectivity index (χ2n) is 7.09. The Morgan fingerprint density at radius 2 is 1.89 bits per heavy atom. The quantitative estimate of drug-likeness (QED) is 0.356. The summed E-state index contributed by atoms with van der Waals surface area (Å²) >= 11 is 0. The number of hydrogen-bond donors (Lipinski definition) is 1. The van der Waals surface area contributed by atoms with Gasteiger partial charge in [0.15, 0.2) is 0 Å². The van der Waals surface area contributed by atoms with E-state index in [0.717, 1.165) is 11.1 Å². The summed E-state index contributed by atoms with van der Waals surface area (Å²) in [6.07, 6.45) is 0.573. The van der Waals surface area contributed by atoms with E-state index in [1.54, 1.807) is 32.2 Å². The molecule has 1 atom stereocenters. The zero-order valence-corrected chi connectivity index (χ0v) is 16.6. The number of methoxy groups -OCH3 is 1. The lowest BCUT2D eigenvalue weighted by atomic mass is 9.97. The zero-order valence-electron chi connectivity index (χ0n) is 16.6. The van der Waals surface area contributed by atoms with E-state index in [4.69, 9.17) is 9.15 Å². The smallest absolute Gasteiger partial charge is 0.295 e. The normalized spacial score (nSPS) is 18.9. The summed E-state index contributed by atoms with van der Waals surface area (Å²) in [7, 11) is 1.58. The van der Waals surface area contributed by atoms with Crippen molar-refractivity contribution in [3.63, 3.8) is 0 Å². The number of carbonyl (C=O) groups is 2. The number of ether oxygens (including phenoxy) is 1. The average molecular weight is 383 g/mol. The number of amides is 1. The highest BCUT2D eigenvalue weighted by molar-refractivity contribution is 6.46. The van der Waals surface area contributed by atoms with E-state index in [-0.39, 0.29) is 11.3 Å². The Balaban J connectivity index is 2.11. The van der Waals surface area contributed by atoms with Crippen molar-refractivity contribution in [3.05, 3.63) is 64.1 Å². The van der Waals surface area contributed by atoms with E-state index in [2.05, 4.69) is 0 Å². The molecule has 6 heteroatoms. The number of nitrogens with zero attached hydrogens (tertiary/aromatic N) is 1. The summed E-state index contributed by atoms with van der Waals surface area (Å²) in [6.45, 7) is 6.49. The number of hydrogen-bond acceptors (Lipinski definition) is 5. The van der Waals surface area contributed by atoms with E-state index >= 15 is 0 Å². The third kappa shape index (κ3) is 3.60. The minimum absolute atomic E-state index is 0.0556. The highest BCUT2D eigenvalue weighted by Gasteiger charge is 2.47. The number of rotatable bonds is 6. The van der Waals surface area contributed by atoms with Gasteiger partial charge in [-0.25, -0.2) is 0 Å². The summed E-state index contributed by atoms with van der Waals surface area (Å²) < 4.78 is 10.8. The van der Waals surface area contributed by atoms with Crippen molar-refractivity contribution in [1.82, 2.24) is 4.90 Å². The van der Waals surface area contributed by atoms with Crippen LogP contribution in [0.5, 0.6) is 0 Å². The number of Topliss-reactive ketones (excluding diaryl/α,β-unsaturated/α-hetero) is 1. The Morgan fingerprint density at radius 1 is 1.14 bits per heavy atom. The molecule has 2 aromatic rings. The molecule has 1 aliphatic heterocycles. The number of furan rings is 1. The summed E-state index contributed by atoms with van der Waals surface area (Å²) in [4.78, 5) is 27.0. The van der Waals surface area contributed by atoms with Gasteiger partial charge in [0.05, 0.1) is 5.57 Å². The van der Waals surface area contributed by atoms with E-state index in [1.165, 1.54) is 4.90 Å². The number of aliphatic hydroxyl groups is 1. The Morgan fingerprint density at radius 3 is 2.50 bits per heavy atom. The van der Waals surface area contributed by atoms with Crippen molar-refractivity contribution in [2.24, 2.45) is 0 Å². The number of likely N-dealkylation sites (tertiary alicyclic amines) is 1. The first-order valence-corrected chi connectivity index (χ1v) is 9.26. The highest BCUT2D eigenvalue weighted by Crippen LogP contribution is 2.40. The largest absolute Gasteiger partial charge is 0.507 e. The van der Waals surface area contributed by atoms with Crippen molar-refractivity contribution in [2.45, 2.75) is 33.2 Å². The van der Waals surface area contributed by atoms with Gasteiger partial charge < -0.3 is 19.2 Å².